The normalized spacial score (nSPS) is 10.8. The molecule has 0 aliphatic carbocycles. The molecule has 0 N–H and O–H groups in total. The number of benzene rings is 2. The van der Waals surface area contributed by atoms with E-state index in [1.165, 1.54) is 4.31 Å². The number of nitrogens with zero attached hydrogens (tertiary/aromatic N) is 3. The molecule has 2 aromatic carbocycles. The summed E-state index contributed by atoms with van der Waals surface area (Å²) in [5.74, 6) is 1.80. The molecule has 0 atom stereocenters. The molecule has 8 nitrogen and oxygen atoms in total. The summed E-state index contributed by atoms with van der Waals surface area (Å²) in [7, 11) is -0.110. The van der Waals surface area contributed by atoms with Crippen molar-refractivity contribution < 1.29 is 22.7 Å². The lowest BCUT2D eigenvalue weighted by Gasteiger charge is -2.22. The fourth-order valence-corrected chi connectivity index (χ4v) is 3.82. The second-order valence-electron chi connectivity index (χ2n) is 7.10. The van der Waals surface area contributed by atoms with Crippen LogP contribution in [0, 0.1) is 6.92 Å². The van der Waals surface area contributed by atoms with Gasteiger partial charge in [-0.1, -0.05) is 24.3 Å². The SMILES string of the molecule is CCS(=O)(=O)N(Cc1ccc(OC)cc1)Cc1ccc(OC)cc1.Cc1cnc(C=O)nc1. The second-order valence-corrected chi connectivity index (χ2v) is 9.36. The molecular formula is C24H29N3O5S. The summed E-state index contributed by atoms with van der Waals surface area (Å²) in [6.45, 7) is 4.18. The number of carbonyl (C=O) groups excluding carboxylic acids is 1. The van der Waals surface area contributed by atoms with E-state index < -0.39 is 10.0 Å². The van der Waals surface area contributed by atoms with Crippen molar-refractivity contribution >= 4 is 16.3 Å². The third-order valence-corrected chi connectivity index (χ3v) is 6.48. The molecule has 0 saturated heterocycles. The largest absolute Gasteiger partial charge is 0.497 e. The van der Waals surface area contributed by atoms with Gasteiger partial charge >= 0.3 is 0 Å². The Hall–Kier alpha value is -3.30. The predicted molar refractivity (Wildman–Crippen MR) is 127 cm³/mol. The minimum absolute atomic E-state index is 0.0688. The van der Waals surface area contributed by atoms with Crippen molar-refractivity contribution in [3.8, 4) is 11.5 Å². The zero-order valence-corrected chi connectivity index (χ0v) is 20.1. The number of aldehydes is 1. The van der Waals surface area contributed by atoms with E-state index in [9.17, 15) is 13.2 Å². The number of carbonyl (C=O) groups is 1. The summed E-state index contributed by atoms with van der Waals surface area (Å²) in [6, 6.07) is 14.9. The molecule has 9 heteroatoms. The van der Waals surface area contributed by atoms with Crippen molar-refractivity contribution in [3.63, 3.8) is 0 Å². The first-order chi connectivity index (χ1) is 15.8. The topological polar surface area (TPSA) is 98.7 Å². The molecule has 0 saturated carbocycles. The van der Waals surface area contributed by atoms with Crippen molar-refractivity contribution in [1.82, 2.24) is 14.3 Å². The van der Waals surface area contributed by atoms with Crippen molar-refractivity contribution in [3.05, 3.63) is 83.4 Å². The minimum Gasteiger partial charge on any atom is -0.497 e. The van der Waals surface area contributed by atoms with Gasteiger partial charge in [-0.25, -0.2) is 18.4 Å². The number of hydrogen-bond donors (Lipinski definition) is 0. The van der Waals surface area contributed by atoms with Crippen LogP contribution in [-0.2, 0) is 23.1 Å². The number of aryl methyl sites for hydroxylation is 1. The maximum absolute atomic E-state index is 12.4. The Labute approximate surface area is 195 Å². The molecule has 0 spiro atoms. The van der Waals surface area contributed by atoms with Gasteiger partial charge in [-0.05, 0) is 54.8 Å². The van der Waals surface area contributed by atoms with Crippen LogP contribution in [0.1, 0.15) is 34.2 Å². The maximum Gasteiger partial charge on any atom is 0.214 e. The van der Waals surface area contributed by atoms with Gasteiger partial charge in [-0.3, -0.25) is 4.79 Å². The molecule has 3 rings (SSSR count). The Kier molecular flexibility index (Phi) is 9.96. The third-order valence-electron chi connectivity index (χ3n) is 4.70. The van der Waals surface area contributed by atoms with Crippen molar-refractivity contribution in [2.75, 3.05) is 20.0 Å². The van der Waals surface area contributed by atoms with Gasteiger partial charge in [-0.2, -0.15) is 4.31 Å². The van der Waals surface area contributed by atoms with Gasteiger partial charge in [0.2, 0.25) is 10.0 Å². The summed E-state index contributed by atoms with van der Waals surface area (Å²) in [4.78, 5) is 17.4. The second kappa shape index (κ2) is 12.7. The van der Waals surface area contributed by atoms with Gasteiger partial charge < -0.3 is 9.47 Å². The average molecular weight is 472 g/mol. The molecule has 0 bridgehead atoms. The lowest BCUT2D eigenvalue weighted by Crippen LogP contribution is -2.31. The number of rotatable bonds is 9. The summed E-state index contributed by atoms with van der Waals surface area (Å²) in [5.41, 5.74) is 2.79. The van der Waals surface area contributed by atoms with E-state index >= 15 is 0 Å². The van der Waals surface area contributed by atoms with Gasteiger partial charge in [0, 0.05) is 25.5 Å². The third kappa shape index (κ3) is 8.28. The van der Waals surface area contributed by atoms with Crippen molar-refractivity contribution in [1.29, 1.82) is 0 Å². The van der Waals surface area contributed by atoms with E-state index in [4.69, 9.17) is 9.47 Å². The monoisotopic (exact) mass is 471 g/mol. The van der Waals surface area contributed by atoms with Crippen LogP contribution in [0.5, 0.6) is 11.5 Å². The highest BCUT2D eigenvalue weighted by molar-refractivity contribution is 7.89. The first-order valence-electron chi connectivity index (χ1n) is 10.3. The highest BCUT2D eigenvalue weighted by atomic mass is 32.2. The van der Waals surface area contributed by atoms with Gasteiger partial charge in [-0.15, -0.1) is 0 Å². The van der Waals surface area contributed by atoms with Gasteiger partial charge in [0.25, 0.3) is 0 Å². The molecule has 0 aliphatic rings. The Morgan fingerprint density at radius 2 is 1.27 bits per heavy atom. The number of sulfonamides is 1. The van der Waals surface area contributed by atoms with Crippen LogP contribution in [0.2, 0.25) is 0 Å². The van der Waals surface area contributed by atoms with Crippen LogP contribution in [-0.4, -0.2) is 48.9 Å². The number of aromatic nitrogens is 2. The predicted octanol–water partition coefficient (Wildman–Crippen LogP) is 3.65. The zero-order chi connectivity index (χ0) is 24.3. The van der Waals surface area contributed by atoms with Crippen LogP contribution in [0.15, 0.2) is 60.9 Å². The van der Waals surface area contributed by atoms with Crippen LogP contribution in [0.3, 0.4) is 0 Å². The standard InChI is InChI=1S/C18H23NO4S.C6H6N2O/c1-4-24(20,21)19(13-15-5-9-17(22-2)10-6-15)14-16-7-11-18(23-3)12-8-16;1-5-2-7-6(4-9)8-3-5/h5-12H,4,13-14H2,1-3H3;2-4H,1H3. The maximum atomic E-state index is 12.4. The van der Waals surface area contributed by atoms with E-state index in [1.54, 1.807) is 33.5 Å². The first kappa shape index (κ1) is 26.0. The van der Waals surface area contributed by atoms with Gasteiger partial charge in [0.05, 0.1) is 20.0 Å². The van der Waals surface area contributed by atoms with Gasteiger partial charge in [0.1, 0.15) is 11.5 Å². The number of methoxy groups -OCH3 is 2. The first-order valence-corrected chi connectivity index (χ1v) is 11.9. The van der Waals surface area contributed by atoms with Crippen LogP contribution in [0.4, 0.5) is 0 Å². The molecule has 0 aliphatic heterocycles. The van der Waals surface area contributed by atoms with E-state index in [1.807, 2.05) is 55.5 Å². The summed E-state index contributed by atoms with van der Waals surface area (Å²) in [5, 5.41) is 0. The molecule has 33 heavy (non-hydrogen) atoms. The highest BCUT2D eigenvalue weighted by Gasteiger charge is 2.20. The average Bonchev–Trinajstić information content (AvgIpc) is 2.85. The smallest absolute Gasteiger partial charge is 0.214 e. The molecule has 0 radical (unpaired) electrons. The summed E-state index contributed by atoms with van der Waals surface area (Å²) < 4.78 is 36.6. The molecule has 1 aromatic heterocycles. The molecule has 3 aromatic rings. The quantitative estimate of drug-likeness (QED) is 0.439. The van der Waals surface area contributed by atoms with Crippen LogP contribution >= 0.6 is 0 Å². The molecule has 176 valence electrons. The van der Waals surface area contributed by atoms with E-state index in [0.29, 0.717) is 19.4 Å². The molecule has 0 unspecified atom stereocenters. The summed E-state index contributed by atoms with van der Waals surface area (Å²) in [6.07, 6.45) is 3.84. The zero-order valence-electron chi connectivity index (χ0n) is 19.3. The minimum atomic E-state index is -3.32. The van der Waals surface area contributed by atoms with Crippen molar-refractivity contribution in [2.24, 2.45) is 0 Å². The fourth-order valence-electron chi connectivity index (χ4n) is 2.77. The van der Waals surface area contributed by atoms with Crippen LogP contribution in [0.25, 0.3) is 0 Å². The number of hydrogen-bond acceptors (Lipinski definition) is 7. The van der Waals surface area contributed by atoms with Crippen LogP contribution < -0.4 is 9.47 Å². The Bertz CT molecular complexity index is 1050. The molecule has 0 fully saturated rings. The molecular weight excluding hydrogens is 442 g/mol. The lowest BCUT2D eigenvalue weighted by molar-refractivity contribution is 0.111. The lowest BCUT2D eigenvalue weighted by atomic mass is 10.2. The Balaban J connectivity index is 0.000000357. The highest BCUT2D eigenvalue weighted by Crippen LogP contribution is 2.19. The van der Waals surface area contributed by atoms with Gasteiger partial charge in [0.15, 0.2) is 12.1 Å². The fraction of sp³-hybridized carbons (Fsp3) is 0.292. The molecule has 1 heterocycles. The van der Waals surface area contributed by atoms with E-state index in [0.717, 1.165) is 28.2 Å². The Morgan fingerprint density at radius 3 is 1.61 bits per heavy atom. The molecule has 0 amide bonds. The van der Waals surface area contributed by atoms with Crippen molar-refractivity contribution in [2.45, 2.75) is 26.9 Å². The Morgan fingerprint density at radius 1 is 0.848 bits per heavy atom. The summed E-state index contributed by atoms with van der Waals surface area (Å²) >= 11 is 0. The number of ether oxygens (including phenoxy) is 2. The van der Waals surface area contributed by atoms with E-state index in [-0.39, 0.29) is 11.6 Å². The van der Waals surface area contributed by atoms with E-state index in [2.05, 4.69) is 9.97 Å².